The van der Waals surface area contributed by atoms with E-state index < -0.39 is 9.05 Å². The van der Waals surface area contributed by atoms with Crippen molar-refractivity contribution >= 4 is 35.7 Å². The van der Waals surface area contributed by atoms with Gasteiger partial charge in [-0.25, -0.2) is 8.42 Å². The number of rotatable bonds is 2. The van der Waals surface area contributed by atoms with Crippen molar-refractivity contribution in [1.29, 1.82) is 0 Å². The number of benzene rings is 1. The topological polar surface area (TPSA) is 52.6 Å². The Labute approximate surface area is 99.7 Å². The molecule has 1 heterocycles. The van der Waals surface area contributed by atoms with Gasteiger partial charge in [-0.2, -0.15) is 0 Å². The van der Waals surface area contributed by atoms with E-state index in [9.17, 15) is 8.42 Å². The van der Waals surface area contributed by atoms with Crippen molar-refractivity contribution in [3.63, 3.8) is 0 Å². The van der Waals surface area contributed by atoms with E-state index in [2.05, 4.69) is 15.9 Å². The predicted octanol–water partition coefficient (Wildman–Crippen LogP) is 2.25. The fourth-order valence-corrected chi connectivity index (χ4v) is 2.91. The summed E-state index contributed by atoms with van der Waals surface area (Å²) in [5, 5.41) is 0. The van der Waals surface area contributed by atoms with Gasteiger partial charge in [0, 0.05) is 20.7 Å². The second kappa shape index (κ2) is 3.84. The quantitative estimate of drug-likeness (QED) is 0.786. The zero-order valence-corrected chi connectivity index (χ0v) is 10.5. The van der Waals surface area contributed by atoms with Gasteiger partial charge in [-0.3, -0.25) is 0 Å². The summed E-state index contributed by atoms with van der Waals surface area (Å²) in [5.41, 5.74) is 0.486. The highest BCUT2D eigenvalue weighted by molar-refractivity contribution is 9.10. The molecule has 0 bridgehead atoms. The van der Waals surface area contributed by atoms with Crippen LogP contribution in [-0.2, 0) is 14.8 Å². The van der Waals surface area contributed by atoms with E-state index in [0.717, 1.165) is 0 Å². The van der Waals surface area contributed by atoms with Gasteiger partial charge in [0.15, 0.2) is 11.5 Å². The van der Waals surface area contributed by atoms with Crippen LogP contribution < -0.4 is 9.47 Å². The molecule has 7 heteroatoms. The van der Waals surface area contributed by atoms with Crippen molar-refractivity contribution in [1.82, 2.24) is 0 Å². The SMILES string of the molecule is O=S(=O)(Cl)Cc1c(Br)ccc2c1OCO2. The second-order valence-corrected chi connectivity index (χ2v) is 6.57. The van der Waals surface area contributed by atoms with Crippen molar-refractivity contribution in [3.05, 3.63) is 22.2 Å². The monoisotopic (exact) mass is 312 g/mol. The molecule has 0 aromatic heterocycles. The summed E-state index contributed by atoms with van der Waals surface area (Å²) in [6.07, 6.45) is 0. The van der Waals surface area contributed by atoms with Crippen molar-refractivity contribution in [3.8, 4) is 11.5 Å². The molecule has 4 nitrogen and oxygen atoms in total. The number of fused-ring (bicyclic) bond motifs is 1. The first kappa shape index (κ1) is 11.0. The summed E-state index contributed by atoms with van der Waals surface area (Å²) in [4.78, 5) is 0. The third-order valence-corrected chi connectivity index (χ3v) is 3.61. The fraction of sp³-hybridized carbons (Fsp3) is 0.250. The Kier molecular flexibility index (Phi) is 2.83. The van der Waals surface area contributed by atoms with Gasteiger partial charge < -0.3 is 9.47 Å². The molecular weight excluding hydrogens is 308 g/mol. The smallest absolute Gasteiger partial charge is 0.236 e. The molecule has 1 aliphatic heterocycles. The molecule has 1 aromatic carbocycles. The van der Waals surface area contributed by atoms with Crippen LogP contribution >= 0.6 is 26.6 Å². The number of hydrogen-bond acceptors (Lipinski definition) is 4. The summed E-state index contributed by atoms with van der Waals surface area (Å²) >= 11 is 3.24. The highest BCUT2D eigenvalue weighted by atomic mass is 79.9. The van der Waals surface area contributed by atoms with Crippen LogP contribution in [0, 0.1) is 0 Å². The van der Waals surface area contributed by atoms with Gasteiger partial charge in [-0.1, -0.05) is 15.9 Å². The number of ether oxygens (including phenoxy) is 2. The molecule has 2 rings (SSSR count). The van der Waals surface area contributed by atoms with Crippen LogP contribution in [0.25, 0.3) is 0 Å². The van der Waals surface area contributed by atoms with Crippen molar-refractivity contribution in [2.24, 2.45) is 0 Å². The molecule has 0 aliphatic carbocycles. The first-order chi connectivity index (χ1) is 6.97. The van der Waals surface area contributed by atoms with Gasteiger partial charge in [0.25, 0.3) is 0 Å². The maximum atomic E-state index is 11.0. The summed E-state index contributed by atoms with van der Waals surface area (Å²) in [5.74, 6) is 0.684. The molecule has 0 spiro atoms. The lowest BCUT2D eigenvalue weighted by molar-refractivity contribution is 0.173. The highest BCUT2D eigenvalue weighted by Gasteiger charge is 2.23. The van der Waals surface area contributed by atoms with E-state index in [1.807, 2.05) is 0 Å². The molecule has 0 N–H and O–H groups in total. The summed E-state index contributed by atoms with van der Waals surface area (Å²) in [6.45, 7) is 0.0983. The normalized spacial score (nSPS) is 14.3. The number of hydrogen-bond donors (Lipinski definition) is 0. The van der Waals surface area contributed by atoms with Gasteiger partial charge in [0.05, 0.1) is 5.75 Å². The Morgan fingerprint density at radius 3 is 2.80 bits per heavy atom. The average molecular weight is 314 g/mol. The Bertz CT molecular complexity index is 500. The predicted molar refractivity (Wildman–Crippen MR) is 58.7 cm³/mol. The van der Waals surface area contributed by atoms with E-state index in [-0.39, 0.29) is 12.5 Å². The Morgan fingerprint density at radius 1 is 1.40 bits per heavy atom. The molecule has 0 saturated heterocycles. The van der Waals surface area contributed by atoms with Crippen LogP contribution in [0.5, 0.6) is 11.5 Å². The molecule has 0 fully saturated rings. The van der Waals surface area contributed by atoms with Crippen LogP contribution in [0.15, 0.2) is 16.6 Å². The zero-order chi connectivity index (χ0) is 11.1. The summed E-state index contributed by atoms with van der Waals surface area (Å²) in [6, 6.07) is 3.40. The molecule has 1 aromatic rings. The number of halogens is 2. The molecule has 15 heavy (non-hydrogen) atoms. The van der Waals surface area contributed by atoms with Crippen molar-refractivity contribution in [2.75, 3.05) is 6.79 Å². The Morgan fingerprint density at radius 2 is 2.13 bits per heavy atom. The highest BCUT2D eigenvalue weighted by Crippen LogP contribution is 2.40. The Hall–Kier alpha value is -0.460. The molecule has 0 radical (unpaired) electrons. The van der Waals surface area contributed by atoms with Crippen molar-refractivity contribution < 1.29 is 17.9 Å². The van der Waals surface area contributed by atoms with E-state index in [1.54, 1.807) is 12.1 Å². The van der Waals surface area contributed by atoms with Gasteiger partial charge >= 0.3 is 0 Å². The van der Waals surface area contributed by atoms with Gasteiger partial charge in [0.2, 0.25) is 15.8 Å². The maximum absolute atomic E-state index is 11.0. The van der Waals surface area contributed by atoms with Crippen LogP contribution in [0.1, 0.15) is 5.56 Å². The largest absolute Gasteiger partial charge is 0.454 e. The van der Waals surface area contributed by atoms with Crippen LogP contribution in [-0.4, -0.2) is 15.2 Å². The van der Waals surface area contributed by atoms with Gasteiger partial charge in [0.1, 0.15) is 0 Å². The second-order valence-electron chi connectivity index (χ2n) is 2.94. The lowest BCUT2D eigenvalue weighted by Crippen LogP contribution is -1.99. The first-order valence-electron chi connectivity index (χ1n) is 3.97. The zero-order valence-electron chi connectivity index (χ0n) is 7.37. The molecule has 0 atom stereocenters. The van der Waals surface area contributed by atoms with E-state index in [1.165, 1.54) is 0 Å². The van der Waals surface area contributed by atoms with E-state index in [4.69, 9.17) is 20.2 Å². The van der Waals surface area contributed by atoms with E-state index >= 15 is 0 Å². The van der Waals surface area contributed by atoms with E-state index in [0.29, 0.717) is 21.5 Å². The standard InChI is InChI=1S/C8H6BrClO4S/c9-6-1-2-7-8(14-4-13-7)5(6)3-15(10,11)12/h1-2H,3-4H2. The minimum atomic E-state index is -3.61. The summed E-state index contributed by atoms with van der Waals surface area (Å²) < 4.78 is 32.9. The minimum absolute atomic E-state index is 0.0983. The molecule has 0 amide bonds. The van der Waals surface area contributed by atoms with Gasteiger partial charge in [-0.15, -0.1) is 0 Å². The van der Waals surface area contributed by atoms with Gasteiger partial charge in [-0.05, 0) is 12.1 Å². The van der Waals surface area contributed by atoms with Crippen LogP contribution in [0.2, 0.25) is 0 Å². The first-order valence-corrected chi connectivity index (χ1v) is 7.24. The molecule has 82 valence electrons. The third kappa shape index (κ3) is 2.38. The average Bonchev–Trinajstić information content (AvgIpc) is 2.56. The van der Waals surface area contributed by atoms with Crippen molar-refractivity contribution in [2.45, 2.75) is 5.75 Å². The Balaban J connectivity index is 2.50. The lowest BCUT2D eigenvalue weighted by atomic mass is 10.2. The fourth-order valence-electron chi connectivity index (χ4n) is 1.31. The van der Waals surface area contributed by atoms with Crippen LogP contribution in [0.4, 0.5) is 0 Å². The molecule has 0 saturated carbocycles. The minimum Gasteiger partial charge on any atom is -0.454 e. The molecule has 0 unspecified atom stereocenters. The molecular formula is C8H6BrClO4S. The molecule has 1 aliphatic rings. The van der Waals surface area contributed by atoms with Crippen LogP contribution in [0.3, 0.4) is 0 Å². The lowest BCUT2D eigenvalue weighted by Gasteiger charge is -2.05. The maximum Gasteiger partial charge on any atom is 0.236 e. The summed E-state index contributed by atoms with van der Waals surface area (Å²) in [7, 11) is 1.58. The third-order valence-electron chi connectivity index (χ3n) is 1.90.